The predicted molar refractivity (Wildman–Crippen MR) is 102 cm³/mol. The quantitative estimate of drug-likeness (QED) is 0.716. The Hall–Kier alpha value is -3.74. The first-order valence-corrected chi connectivity index (χ1v) is 8.96. The van der Waals surface area contributed by atoms with Crippen LogP contribution in [0.2, 0.25) is 0 Å². The number of aromatic nitrogens is 1. The molecule has 0 radical (unpaired) electrons. The van der Waals surface area contributed by atoms with Gasteiger partial charge in [-0.15, -0.1) is 0 Å². The molecule has 3 aromatic rings. The fourth-order valence-electron chi connectivity index (χ4n) is 3.15. The van der Waals surface area contributed by atoms with Crippen molar-refractivity contribution in [3.63, 3.8) is 0 Å². The normalized spacial score (nSPS) is 15.3. The van der Waals surface area contributed by atoms with E-state index in [1.807, 2.05) is 0 Å². The average Bonchev–Trinajstić information content (AvgIpc) is 2.72. The van der Waals surface area contributed by atoms with Gasteiger partial charge in [0.15, 0.2) is 5.78 Å². The topological polar surface area (TPSA) is 91.5 Å². The molecule has 2 heterocycles. The van der Waals surface area contributed by atoms with Gasteiger partial charge in [0, 0.05) is 23.4 Å². The number of benzene rings is 2. The molecule has 0 spiro atoms. The second kappa shape index (κ2) is 7.71. The molecule has 0 saturated carbocycles. The first-order chi connectivity index (χ1) is 14.0. The number of pyridine rings is 1. The summed E-state index contributed by atoms with van der Waals surface area (Å²) in [5.74, 6) is -0.272. The monoisotopic (exact) mass is 392 g/mol. The number of primary amides is 1. The summed E-state index contributed by atoms with van der Waals surface area (Å²) in [4.78, 5) is 27.3. The number of rotatable bonds is 5. The zero-order valence-corrected chi connectivity index (χ0v) is 15.3. The van der Waals surface area contributed by atoms with Crippen LogP contribution in [0.5, 0.6) is 11.5 Å². The number of nitrogens with two attached hydrogens (primary N) is 1. The number of carbonyl (C=O) groups is 2. The summed E-state index contributed by atoms with van der Waals surface area (Å²) in [5, 5.41) is 0. The zero-order valence-electron chi connectivity index (χ0n) is 15.3. The van der Waals surface area contributed by atoms with Gasteiger partial charge in [-0.2, -0.15) is 0 Å². The predicted octanol–water partition coefficient (Wildman–Crippen LogP) is 3.61. The zero-order chi connectivity index (χ0) is 20.4. The molecule has 1 aromatic heterocycles. The lowest BCUT2D eigenvalue weighted by molar-refractivity contribution is 0.0844. The summed E-state index contributed by atoms with van der Waals surface area (Å²) in [7, 11) is 0. The second-order valence-electron chi connectivity index (χ2n) is 6.64. The maximum absolute atomic E-state index is 14.0. The number of fused-ring (bicyclic) bond motifs is 1. The summed E-state index contributed by atoms with van der Waals surface area (Å²) < 4.78 is 25.7. The van der Waals surface area contributed by atoms with E-state index in [0.717, 1.165) is 11.8 Å². The molecule has 2 N–H and O–H groups in total. The first-order valence-electron chi connectivity index (χ1n) is 8.96. The van der Waals surface area contributed by atoms with Crippen LogP contribution >= 0.6 is 0 Å². The largest absolute Gasteiger partial charge is 0.489 e. The van der Waals surface area contributed by atoms with E-state index in [4.69, 9.17) is 15.2 Å². The maximum atomic E-state index is 14.0. The van der Waals surface area contributed by atoms with Crippen molar-refractivity contribution in [1.82, 2.24) is 4.98 Å². The van der Waals surface area contributed by atoms with E-state index in [1.54, 1.807) is 42.5 Å². The summed E-state index contributed by atoms with van der Waals surface area (Å²) in [6.45, 7) is 0.258. The van der Waals surface area contributed by atoms with Gasteiger partial charge in [-0.3, -0.25) is 14.6 Å². The number of hydrogen-bond acceptors (Lipinski definition) is 5. The molecule has 0 fully saturated rings. The lowest BCUT2D eigenvalue weighted by Gasteiger charge is -2.26. The van der Waals surface area contributed by atoms with Crippen LogP contribution in [0.15, 0.2) is 60.9 Å². The summed E-state index contributed by atoms with van der Waals surface area (Å²) in [6, 6.07) is 13.2. The number of Topliss-reactive ketones (excluding diaryl/α,β-unsaturated/α-hetero) is 1. The molecule has 0 aliphatic carbocycles. The van der Waals surface area contributed by atoms with E-state index in [1.165, 1.54) is 12.3 Å². The minimum atomic E-state index is -0.713. The Bertz CT molecular complexity index is 1080. The number of nitrogens with zero attached hydrogens (tertiary/aromatic N) is 1. The van der Waals surface area contributed by atoms with Crippen LogP contribution in [-0.2, 0) is 6.61 Å². The maximum Gasteiger partial charge on any atom is 0.248 e. The Morgan fingerprint density at radius 1 is 1.21 bits per heavy atom. The third-order valence-corrected chi connectivity index (χ3v) is 4.69. The molecule has 1 unspecified atom stereocenters. The minimum Gasteiger partial charge on any atom is -0.489 e. The van der Waals surface area contributed by atoms with Gasteiger partial charge < -0.3 is 15.2 Å². The van der Waals surface area contributed by atoms with Crippen molar-refractivity contribution in [1.29, 1.82) is 0 Å². The van der Waals surface area contributed by atoms with Crippen LogP contribution in [0.25, 0.3) is 0 Å². The average molecular weight is 392 g/mol. The molecule has 6 nitrogen and oxygen atoms in total. The van der Waals surface area contributed by atoms with Crippen molar-refractivity contribution in [3.05, 3.63) is 89.0 Å². The molecule has 0 bridgehead atoms. The Labute approximate surface area is 166 Å². The molecule has 146 valence electrons. The molecular formula is C22H17FN2O4. The van der Waals surface area contributed by atoms with Crippen LogP contribution < -0.4 is 15.2 Å². The van der Waals surface area contributed by atoms with Gasteiger partial charge in [-0.05, 0) is 35.9 Å². The van der Waals surface area contributed by atoms with Crippen LogP contribution in [0.1, 0.15) is 44.4 Å². The van der Waals surface area contributed by atoms with Crippen LogP contribution in [0.3, 0.4) is 0 Å². The summed E-state index contributed by atoms with van der Waals surface area (Å²) >= 11 is 0. The number of ether oxygens (including phenoxy) is 2. The number of halogens is 1. The van der Waals surface area contributed by atoms with Crippen molar-refractivity contribution in [2.75, 3.05) is 0 Å². The van der Waals surface area contributed by atoms with E-state index in [9.17, 15) is 14.0 Å². The highest BCUT2D eigenvalue weighted by atomic mass is 19.1. The number of ketones is 1. The van der Waals surface area contributed by atoms with Gasteiger partial charge in [0.25, 0.3) is 0 Å². The fraction of sp³-hybridized carbons (Fsp3) is 0.136. The van der Waals surface area contributed by atoms with E-state index in [-0.39, 0.29) is 18.8 Å². The number of hydrogen-bond donors (Lipinski definition) is 1. The van der Waals surface area contributed by atoms with E-state index < -0.39 is 17.8 Å². The smallest absolute Gasteiger partial charge is 0.248 e. The Morgan fingerprint density at radius 2 is 2.00 bits per heavy atom. The molecule has 1 aliphatic heterocycles. The molecule has 2 aromatic carbocycles. The molecule has 1 aliphatic rings. The van der Waals surface area contributed by atoms with Gasteiger partial charge in [0.05, 0.1) is 18.2 Å². The van der Waals surface area contributed by atoms with Gasteiger partial charge >= 0.3 is 0 Å². The standard InChI is InChI=1S/C22H17FN2O4/c23-18-11-25-8-7-16(18)21-10-19(26)17-6-5-15(9-20(17)29-21)28-12-13-1-3-14(4-2-13)22(24)27/h1-9,11,21H,10,12H2,(H2,24,27). The number of amides is 1. The van der Waals surface area contributed by atoms with E-state index in [2.05, 4.69) is 4.98 Å². The lowest BCUT2D eigenvalue weighted by Crippen LogP contribution is -2.21. The van der Waals surface area contributed by atoms with Crippen molar-refractivity contribution in [2.24, 2.45) is 5.73 Å². The van der Waals surface area contributed by atoms with Crippen molar-refractivity contribution in [2.45, 2.75) is 19.1 Å². The van der Waals surface area contributed by atoms with Crippen LogP contribution in [0.4, 0.5) is 4.39 Å². The van der Waals surface area contributed by atoms with Crippen LogP contribution in [0, 0.1) is 5.82 Å². The van der Waals surface area contributed by atoms with Gasteiger partial charge in [0.1, 0.15) is 30.0 Å². The van der Waals surface area contributed by atoms with Crippen molar-refractivity contribution < 1.29 is 23.5 Å². The SMILES string of the molecule is NC(=O)c1ccc(COc2ccc3c(c2)OC(c2ccncc2F)CC3=O)cc1. The van der Waals surface area contributed by atoms with Gasteiger partial charge in [0.2, 0.25) is 5.91 Å². The van der Waals surface area contributed by atoms with Gasteiger partial charge in [-0.25, -0.2) is 4.39 Å². The third kappa shape index (κ3) is 3.94. The van der Waals surface area contributed by atoms with Crippen LogP contribution in [-0.4, -0.2) is 16.7 Å². The highest BCUT2D eigenvalue weighted by molar-refractivity contribution is 6.00. The van der Waals surface area contributed by atoms with Crippen molar-refractivity contribution >= 4 is 11.7 Å². The Kier molecular flexibility index (Phi) is 4.95. The summed E-state index contributed by atoms with van der Waals surface area (Å²) in [5.41, 5.74) is 7.23. The second-order valence-corrected chi connectivity index (χ2v) is 6.64. The third-order valence-electron chi connectivity index (χ3n) is 4.69. The molecule has 7 heteroatoms. The van der Waals surface area contributed by atoms with Crippen molar-refractivity contribution in [3.8, 4) is 11.5 Å². The van der Waals surface area contributed by atoms with Gasteiger partial charge in [-0.1, -0.05) is 12.1 Å². The molecule has 29 heavy (non-hydrogen) atoms. The molecule has 1 amide bonds. The number of carbonyl (C=O) groups excluding carboxylic acids is 2. The fourth-order valence-corrected chi connectivity index (χ4v) is 3.15. The Morgan fingerprint density at radius 3 is 2.72 bits per heavy atom. The van der Waals surface area contributed by atoms with E-state index in [0.29, 0.717) is 28.2 Å². The highest BCUT2D eigenvalue weighted by Crippen LogP contribution is 2.37. The lowest BCUT2D eigenvalue weighted by atomic mass is 9.96. The molecule has 4 rings (SSSR count). The highest BCUT2D eigenvalue weighted by Gasteiger charge is 2.29. The minimum absolute atomic E-state index is 0.0559. The molecule has 1 atom stereocenters. The first kappa shape index (κ1) is 18.6. The molecular weight excluding hydrogens is 375 g/mol. The van der Waals surface area contributed by atoms with E-state index >= 15 is 0 Å². The molecule has 0 saturated heterocycles. The summed E-state index contributed by atoms with van der Waals surface area (Å²) in [6.07, 6.45) is 1.90. The Balaban J connectivity index is 1.50.